The minimum atomic E-state index is -3.22. The van der Waals surface area contributed by atoms with Crippen LogP contribution in [0.2, 0.25) is 11.8 Å². The van der Waals surface area contributed by atoms with Gasteiger partial charge in [0, 0.05) is 0 Å². The van der Waals surface area contributed by atoms with E-state index in [0.717, 1.165) is 11.8 Å². The van der Waals surface area contributed by atoms with E-state index in [9.17, 15) is 4.79 Å². The third kappa shape index (κ3) is 4.25. The number of hydrogen-bond donors (Lipinski definition) is 0. The fraction of sp³-hybridized carbons (Fsp3) is 0.917. The standard InChI is InChI=1S/C6H10N2O2.3C6H11.Sn/c1-6(2,3)4-7-8-5(9)10-4;3*1-2-4-6-5-3-1;/h1-3H3,(H,8,9);3*1H,2-6H2;/q;;;;+1/p-1. The van der Waals surface area contributed by atoms with Crippen molar-refractivity contribution in [2.45, 2.75) is 134 Å². The van der Waals surface area contributed by atoms with Crippen LogP contribution in [-0.2, 0) is 5.41 Å². The van der Waals surface area contributed by atoms with Gasteiger partial charge in [-0.3, -0.25) is 0 Å². The van der Waals surface area contributed by atoms with Gasteiger partial charge in [-0.05, 0) is 0 Å². The van der Waals surface area contributed by atoms with Crippen LogP contribution in [0.4, 0.5) is 0 Å². The zero-order valence-corrected chi connectivity index (χ0v) is 21.9. The Morgan fingerprint density at radius 3 is 1.45 bits per heavy atom. The molecule has 5 heteroatoms. The van der Waals surface area contributed by atoms with Gasteiger partial charge in [0.15, 0.2) is 0 Å². The second-order valence-electron chi connectivity index (χ2n) is 11.2. The SMILES string of the molecule is CC(C)(C)c1n[n]([Sn]([CH]2CCCCC2)([CH]2CCCCC2)[CH]2CCCCC2)c(=O)o1. The molecule has 4 nitrogen and oxygen atoms in total. The van der Waals surface area contributed by atoms with E-state index in [0.29, 0.717) is 5.89 Å². The molecule has 1 heterocycles. The van der Waals surface area contributed by atoms with Crippen molar-refractivity contribution in [3.05, 3.63) is 16.4 Å². The normalized spacial score (nSPS) is 24.1. The van der Waals surface area contributed by atoms with Crippen LogP contribution < -0.4 is 5.76 Å². The summed E-state index contributed by atoms with van der Waals surface area (Å²) in [5, 5.41) is 5.11. The average Bonchev–Trinajstić information content (AvgIpc) is 3.14. The van der Waals surface area contributed by atoms with Gasteiger partial charge < -0.3 is 0 Å². The van der Waals surface area contributed by atoms with Crippen molar-refractivity contribution in [3.8, 4) is 0 Å². The molecule has 0 unspecified atom stereocenters. The van der Waals surface area contributed by atoms with Crippen molar-refractivity contribution >= 4 is 18.7 Å². The first-order chi connectivity index (χ1) is 13.9. The molecule has 164 valence electrons. The molecule has 0 amide bonds. The number of nitrogens with zero attached hydrogens (tertiary/aromatic N) is 2. The van der Waals surface area contributed by atoms with Gasteiger partial charge >= 0.3 is 182 Å². The Labute approximate surface area is 181 Å². The molecule has 0 bridgehead atoms. The van der Waals surface area contributed by atoms with Gasteiger partial charge in [-0.15, -0.1) is 0 Å². The number of rotatable bonds is 4. The molecule has 0 radical (unpaired) electrons. The number of aromatic nitrogens is 2. The summed E-state index contributed by atoms with van der Waals surface area (Å²) < 4.78 is 10.4. The zero-order valence-electron chi connectivity index (χ0n) is 19.0. The Kier molecular flexibility index (Phi) is 6.87. The van der Waals surface area contributed by atoms with Crippen molar-refractivity contribution < 1.29 is 4.42 Å². The molecular weight excluding hydrogens is 467 g/mol. The van der Waals surface area contributed by atoms with Crippen LogP contribution in [-0.4, -0.2) is 26.7 Å². The molecule has 3 aliphatic rings. The summed E-state index contributed by atoms with van der Waals surface area (Å²) in [6.07, 6.45) is 20.5. The second-order valence-corrected chi connectivity index (χ2v) is 24.5. The molecule has 0 aromatic carbocycles. The van der Waals surface area contributed by atoms with E-state index in [2.05, 4.69) is 23.7 Å². The molecule has 0 N–H and O–H groups in total. The van der Waals surface area contributed by atoms with Crippen LogP contribution in [0.15, 0.2) is 9.21 Å². The molecule has 3 saturated carbocycles. The van der Waals surface area contributed by atoms with Crippen molar-refractivity contribution in [1.82, 2.24) is 8.00 Å². The van der Waals surface area contributed by atoms with Crippen molar-refractivity contribution in [2.24, 2.45) is 0 Å². The van der Waals surface area contributed by atoms with E-state index in [-0.39, 0.29) is 11.2 Å². The summed E-state index contributed by atoms with van der Waals surface area (Å²) in [7, 11) is 0. The van der Waals surface area contributed by atoms with Gasteiger partial charge in [0.1, 0.15) is 0 Å². The van der Waals surface area contributed by atoms with Crippen LogP contribution in [0.25, 0.3) is 0 Å². The summed E-state index contributed by atoms with van der Waals surface area (Å²) in [6.45, 7) is 6.38. The molecule has 1 aromatic rings. The van der Waals surface area contributed by atoms with E-state index < -0.39 is 18.7 Å². The Bertz CT molecular complexity index is 668. The molecule has 1 aromatic heterocycles. The summed E-state index contributed by atoms with van der Waals surface area (Å²) in [6, 6.07) is 0. The fourth-order valence-corrected chi connectivity index (χ4v) is 28.9. The second kappa shape index (κ2) is 9.08. The van der Waals surface area contributed by atoms with Crippen molar-refractivity contribution in [3.63, 3.8) is 0 Å². The Balaban J connectivity index is 1.88. The van der Waals surface area contributed by atoms with Crippen LogP contribution in [0, 0.1) is 0 Å². The van der Waals surface area contributed by atoms with Crippen LogP contribution in [0.1, 0.15) is 123 Å². The van der Waals surface area contributed by atoms with Crippen LogP contribution in [0.5, 0.6) is 0 Å². The van der Waals surface area contributed by atoms with E-state index in [1.54, 1.807) is 0 Å². The van der Waals surface area contributed by atoms with Gasteiger partial charge in [-0.25, -0.2) is 0 Å². The summed E-state index contributed by atoms with van der Waals surface area (Å²) >= 11 is -3.22. The van der Waals surface area contributed by atoms with E-state index in [1.165, 1.54) is 96.3 Å². The summed E-state index contributed by atoms with van der Waals surface area (Å²) in [5.74, 6) is 0.582. The topological polar surface area (TPSA) is 48.0 Å². The van der Waals surface area contributed by atoms with E-state index in [4.69, 9.17) is 9.52 Å². The van der Waals surface area contributed by atoms with E-state index >= 15 is 0 Å². The molecule has 3 aliphatic carbocycles. The first-order valence-electron chi connectivity index (χ1n) is 12.5. The predicted octanol–water partition coefficient (Wildman–Crippen LogP) is 6.93. The molecule has 0 spiro atoms. The predicted molar refractivity (Wildman–Crippen MR) is 121 cm³/mol. The van der Waals surface area contributed by atoms with Crippen molar-refractivity contribution in [2.75, 3.05) is 0 Å². The van der Waals surface area contributed by atoms with Gasteiger partial charge in [-0.2, -0.15) is 0 Å². The van der Waals surface area contributed by atoms with E-state index in [1.807, 2.05) is 0 Å². The Morgan fingerprint density at radius 2 is 1.14 bits per heavy atom. The Hall–Kier alpha value is -0.261. The van der Waals surface area contributed by atoms with Crippen LogP contribution >= 0.6 is 0 Å². The average molecular weight is 509 g/mol. The fourth-order valence-electron chi connectivity index (χ4n) is 7.04. The molecular formula is C24H42N2O2Sn. The van der Waals surface area contributed by atoms with Crippen LogP contribution in [0.3, 0.4) is 0 Å². The minimum absolute atomic E-state index is 0.0903. The van der Waals surface area contributed by atoms with Gasteiger partial charge in [0.2, 0.25) is 0 Å². The molecule has 3 fully saturated rings. The third-order valence-electron chi connectivity index (χ3n) is 8.33. The molecule has 0 saturated heterocycles. The first-order valence-corrected chi connectivity index (χ1v) is 18.8. The monoisotopic (exact) mass is 510 g/mol. The molecule has 29 heavy (non-hydrogen) atoms. The quantitative estimate of drug-likeness (QED) is 0.414. The van der Waals surface area contributed by atoms with Crippen molar-refractivity contribution in [1.29, 1.82) is 0 Å². The number of hydrogen-bond acceptors (Lipinski definition) is 3. The Morgan fingerprint density at radius 1 is 0.759 bits per heavy atom. The molecule has 0 aliphatic heterocycles. The van der Waals surface area contributed by atoms with Gasteiger partial charge in [0.05, 0.1) is 0 Å². The third-order valence-corrected chi connectivity index (χ3v) is 27.4. The molecule has 0 atom stereocenters. The zero-order chi connectivity index (χ0) is 20.5. The first kappa shape index (κ1) is 22.0. The summed E-state index contributed by atoms with van der Waals surface area (Å²) in [4.78, 5) is 13.4. The maximum absolute atomic E-state index is 13.4. The molecule has 4 rings (SSSR count). The van der Waals surface area contributed by atoms with Gasteiger partial charge in [0.25, 0.3) is 0 Å². The maximum atomic E-state index is 13.4. The van der Waals surface area contributed by atoms with Gasteiger partial charge in [-0.1, -0.05) is 0 Å². The summed E-state index contributed by atoms with van der Waals surface area (Å²) in [5.41, 5.74) is -0.201.